The molecule has 1 aromatic rings. The summed E-state index contributed by atoms with van der Waals surface area (Å²) in [4.78, 5) is 14.5. The highest BCUT2D eigenvalue weighted by Gasteiger charge is 2.62. The minimum Gasteiger partial charge on any atom is -0.377 e. The van der Waals surface area contributed by atoms with Gasteiger partial charge in [0.25, 0.3) is 0 Å². The Morgan fingerprint density at radius 2 is 1.89 bits per heavy atom. The molecule has 4 nitrogen and oxygen atoms in total. The number of hydrogen-bond acceptors (Lipinski definition) is 4. The minimum absolute atomic E-state index is 0.223. The van der Waals surface area contributed by atoms with E-state index in [4.69, 9.17) is 4.74 Å². The zero-order valence-corrected chi connectivity index (χ0v) is 23.5. The topological polar surface area (TPSA) is 49.8 Å². The second-order valence-corrected chi connectivity index (χ2v) is 12.5. The van der Waals surface area contributed by atoms with E-state index >= 15 is 0 Å². The molecular formula is C33H43NO3. The second-order valence-electron chi connectivity index (χ2n) is 12.5. The Morgan fingerprint density at radius 1 is 1.16 bits per heavy atom. The zero-order chi connectivity index (χ0) is 26.6. The summed E-state index contributed by atoms with van der Waals surface area (Å²) >= 11 is 0. The van der Waals surface area contributed by atoms with Gasteiger partial charge in [-0.05, 0) is 106 Å². The average Bonchev–Trinajstić information content (AvgIpc) is 3.17. The van der Waals surface area contributed by atoms with Gasteiger partial charge in [-0.3, -0.25) is 4.79 Å². The van der Waals surface area contributed by atoms with Crippen LogP contribution < -0.4 is 4.90 Å². The van der Waals surface area contributed by atoms with Gasteiger partial charge in [0.1, 0.15) is 11.2 Å². The number of aliphatic hydroxyl groups is 1. The first kappa shape index (κ1) is 26.3. The Morgan fingerprint density at radius 3 is 2.57 bits per heavy atom. The van der Waals surface area contributed by atoms with Gasteiger partial charge in [0.15, 0.2) is 5.78 Å². The van der Waals surface area contributed by atoms with Crippen LogP contribution in [0.15, 0.2) is 47.1 Å². The van der Waals surface area contributed by atoms with Crippen LogP contribution >= 0.6 is 0 Å². The van der Waals surface area contributed by atoms with Crippen LogP contribution in [0.4, 0.5) is 5.69 Å². The summed E-state index contributed by atoms with van der Waals surface area (Å²) in [5.74, 6) is 7.93. The van der Waals surface area contributed by atoms with Crippen molar-refractivity contribution in [3.63, 3.8) is 0 Å². The number of nitrogens with zero attached hydrogens (tertiary/aromatic N) is 1. The molecule has 4 aliphatic rings. The van der Waals surface area contributed by atoms with Crippen molar-refractivity contribution in [2.24, 2.45) is 17.3 Å². The molecule has 0 heterocycles. The molecule has 1 aromatic carbocycles. The first-order valence-corrected chi connectivity index (χ1v) is 14.1. The number of allylic oxidation sites excluding steroid dienone is 4. The smallest absolute Gasteiger partial charge is 0.156 e. The zero-order valence-electron chi connectivity index (χ0n) is 23.5. The summed E-state index contributed by atoms with van der Waals surface area (Å²) in [6.45, 7) is 9.34. The first-order valence-electron chi connectivity index (χ1n) is 14.1. The highest BCUT2D eigenvalue weighted by atomic mass is 16.5. The van der Waals surface area contributed by atoms with E-state index in [1.54, 1.807) is 12.7 Å². The van der Waals surface area contributed by atoms with Gasteiger partial charge in [-0.2, -0.15) is 0 Å². The Hall–Kier alpha value is -2.35. The number of methoxy groups -OCH3 is 1. The molecule has 4 heteroatoms. The van der Waals surface area contributed by atoms with Gasteiger partial charge in [-0.1, -0.05) is 36.5 Å². The summed E-state index contributed by atoms with van der Waals surface area (Å²) in [7, 11) is 3.80. The van der Waals surface area contributed by atoms with Gasteiger partial charge in [0, 0.05) is 44.1 Å². The molecule has 0 unspecified atom stereocenters. The number of carbonyl (C=O) groups excluding carboxylic acids is 1. The molecule has 198 valence electrons. The van der Waals surface area contributed by atoms with E-state index in [-0.39, 0.29) is 17.1 Å². The predicted molar refractivity (Wildman–Crippen MR) is 149 cm³/mol. The van der Waals surface area contributed by atoms with Crippen molar-refractivity contribution in [2.75, 3.05) is 25.6 Å². The Bertz CT molecular complexity index is 1200. The summed E-state index contributed by atoms with van der Waals surface area (Å²) in [6.07, 6.45) is 7.99. The van der Waals surface area contributed by atoms with Crippen LogP contribution in [0.3, 0.4) is 0 Å². The number of hydrogen-bond donors (Lipinski definition) is 1. The molecule has 0 saturated heterocycles. The van der Waals surface area contributed by atoms with Gasteiger partial charge in [0.05, 0.1) is 0 Å². The Balaban J connectivity index is 1.63. The van der Waals surface area contributed by atoms with Crippen LogP contribution in [-0.2, 0) is 9.53 Å². The number of carbonyl (C=O) groups is 1. The molecular weight excluding hydrogens is 458 g/mol. The van der Waals surface area contributed by atoms with Crippen molar-refractivity contribution in [1.82, 2.24) is 0 Å². The monoisotopic (exact) mass is 501 g/mol. The van der Waals surface area contributed by atoms with E-state index in [2.05, 4.69) is 61.9 Å². The largest absolute Gasteiger partial charge is 0.377 e. The minimum atomic E-state index is -1.04. The van der Waals surface area contributed by atoms with Crippen molar-refractivity contribution in [1.29, 1.82) is 0 Å². The van der Waals surface area contributed by atoms with E-state index in [0.717, 1.165) is 38.6 Å². The molecule has 0 aliphatic heterocycles. The summed E-state index contributed by atoms with van der Waals surface area (Å²) in [6, 6.07) is 9.05. The van der Waals surface area contributed by atoms with Crippen LogP contribution in [0.1, 0.15) is 84.1 Å². The fourth-order valence-electron chi connectivity index (χ4n) is 7.62. The maximum absolute atomic E-state index is 12.3. The lowest BCUT2D eigenvalue weighted by Gasteiger charge is -2.53. The van der Waals surface area contributed by atoms with E-state index in [1.165, 1.54) is 22.4 Å². The third-order valence-electron chi connectivity index (χ3n) is 10.2. The van der Waals surface area contributed by atoms with Gasteiger partial charge < -0.3 is 14.7 Å². The van der Waals surface area contributed by atoms with Crippen LogP contribution in [0.5, 0.6) is 0 Å². The third kappa shape index (κ3) is 4.39. The lowest BCUT2D eigenvalue weighted by molar-refractivity contribution is -0.114. The van der Waals surface area contributed by atoms with E-state index in [9.17, 15) is 9.90 Å². The fourth-order valence-corrected chi connectivity index (χ4v) is 7.62. The van der Waals surface area contributed by atoms with Gasteiger partial charge >= 0.3 is 0 Å². The van der Waals surface area contributed by atoms with Crippen LogP contribution in [0, 0.1) is 29.1 Å². The average molecular weight is 502 g/mol. The molecule has 0 radical (unpaired) electrons. The van der Waals surface area contributed by atoms with Crippen molar-refractivity contribution in [2.45, 2.75) is 89.8 Å². The Labute approximate surface area is 223 Å². The maximum Gasteiger partial charge on any atom is 0.156 e. The number of anilines is 1. The summed E-state index contributed by atoms with van der Waals surface area (Å²) < 4.78 is 5.57. The van der Waals surface area contributed by atoms with Gasteiger partial charge in [0.2, 0.25) is 0 Å². The second kappa shape index (κ2) is 9.44. The lowest BCUT2D eigenvalue weighted by Crippen LogP contribution is -2.51. The van der Waals surface area contributed by atoms with Crippen molar-refractivity contribution < 1.29 is 14.6 Å². The maximum atomic E-state index is 12.3. The third-order valence-corrected chi connectivity index (χ3v) is 10.2. The van der Waals surface area contributed by atoms with E-state index < -0.39 is 11.2 Å². The summed E-state index contributed by atoms with van der Waals surface area (Å²) in [5, 5.41) is 12.2. The first-order chi connectivity index (χ1) is 17.5. The SMILES string of the molecule is CCN(C)c1ccc([C@H]2C[C@@]3(C)[C@@H](CC[C@@]3(O)C#CC(C)(C)OC)[C@@H]3CCC4=CC(=O)CCC4=C32)cc1. The quantitative estimate of drug-likeness (QED) is 0.499. The van der Waals surface area contributed by atoms with Crippen molar-refractivity contribution in [3.8, 4) is 11.8 Å². The highest BCUT2D eigenvalue weighted by molar-refractivity contribution is 5.93. The molecule has 4 aliphatic carbocycles. The highest BCUT2D eigenvalue weighted by Crippen LogP contribution is 2.66. The molecule has 0 spiro atoms. The molecule has 5 atom stereocenters. The number of fused-ring (bicyclic) bond motifs is 4. The normalized spacial score (nSPS) is 33.1. The molecule has 37 heavy (non-hydrogen) atoms. The van der Waals surface area contributed by atoms with Gasteiger partial charge in [-0.25, -0.2) is 0 Å². The molecule has 0 aromatic heterocycles. The fraction of sp³-hybridized carbons (Fsp3) is 0.606. The lowest BCUT2D eigenvalue weighted by atomic mass is 9.51. The number of rotatable bonds is 4. The molecule has 2 saturated carbocycles. The van der Waals surface area contributed by atoms with Crippen molar-refractivity contribution >= 4 is 11.5 Å². The van der Waals surface area contributed by atoms with Crippen LogP contribution in [0.25, 0.3) is 0 Å². The Kier molecular flexibility index (Phi) is 6.70. The standard InChI is InChI=1S/C33H43NO3/c1-7-34(5)24-11-8-22(9-12-24)28-21-32(4)29(16-17-33(32,36)19-18-31(2,3)37-6)27-14-10-23-20-25(35)13-15-26(23)30(27)28/h8-9,11-12,20,27-29,36H,7,10,13-17,21H2,1-6H3/t27-,28+,29-,32-,33+/m0/s1. The molecule has 0 bridgehead atoms. The van der Waals surface area contributed by atoms with E-state index in [0.29, 0.717) is 24.7 Å². The molecule has 0 amide bonds. The predicted octanol–water partition coefficient (Wildman–Crippen LogP) is 6.20. The van der Waals surface area contributed by atoms with Crippen LogP contribution in [0.2, 0.25) is 0 Å². The summed E-state index contributed by atoms with van der Waals surface area (Å²) in [5.41, 5.74) is 4.87. The van der Waals surface area contributed by atoms with Gasteiger partial charge in [-0.15, -0.1) is 0 Å². The molecule has 1 N–H and O–H groups in total. The molecule has 5 rings (SSSR count). The van der Waals surface area contributed by atoms with E-state index in [1.807, 2.05) is 19.9 Å². The van der Waals surface area contributed by atoms with Crippen molar-refractivity contribution in [3.05, 3.63) is 52.6 Å². The number of ether oxygens (including phenoxy) is 1. The number of ketones is 1. The van der Waals surface area contributed by atoms with Crippen LogP contribution in [-0.4, -0.2) is 42.8 Å². The molecule has 2 fully saturated rings. The number of benzene rings is 1.